The average molecular weight is 347 g/mol. The number of anilines is 1. The Kier molecular flexibility index (Phi) is 5.10. The molecule has 1 aromatic carbocycles. The topological polar surface area (TPSA) is 61.4 Å². The van der Waals surface area contributed by atoms with E-state index in [1.807, 2.05) is 17.5 Å². The first-order valence-corrected chi connectivity index (χ1v) is 8.61. The van der Waals surface area contributed by atoms with Crippen molar-refractivity contribution in [3.05, 3.63) is 52.5 Å². The van der Waals surface area contributed by atoms with E-state index in [2.05, 4.69) is 10.6 Å². The molecule has 126 valence electrons. The molecule has 3 amide bonds. The van der Waals surface area contributed by atoms with Crippen molar-refractivity contribution in [2.75, 3.05) is 18.4 Å². The fourth-order valence-corrected chi connectivity index (χ4v) is 3.36. The molecule has 1 saturated heterocycles. The van der Waals surface area contributed by atoms with E-state index in [0.717, 1.165) is 11.3 Å². The summed E-state index contributed by atoms with van der Waals surface area (Å²) in [4.78, 5) is 27.0. The molecule has 5 nitrogen and oxygen atoms in total. The molecule has 0 unspecified atom stereocenters. The third-order valence-electron chi connectivity index (χ3n) is 3.88. The zero-order valence-electron chi connectivity index (χ0n) is 13.0. The molecule has 7 heteroatoms. The number of amides is 3. The van der Waals surface area contributed by atoms with Crippen LogP contribution in [0, 0.1) is 5.82 Å². The summed E-state index contributed by atoms with van der Waals surface area (Å²) in [6.45, 7) is 1.16. The second-order valence-corrected chi connectivity index (χ2v) is 6.72. The van der Waals surface area contributed by atoms with Gasteiger partial charge in [0.15, 0.2) is 0 Å². The summed E-state index contributed by atoms with van der Waals surface area (Å²) in [6.07, 6.45) is 1.14. The molecule has 1 aromatic heterocycles. The molecular formula is C17H18FN3O2S. The maximum absolute atomic E-state index is 12.8. The SMILES string of the molecule is O=C(Nc1ccc(F)cc1)N[C@@H]1CCN(C(=O)Cc2cccs2)C1. The van der Waals surface area contributed by atoms with Crippen LogP contribution < -0.4 is 10.6 Å². The summed E-state index contributed by atoms with van der Waals surface area (Å²) in [6, 6.07) is 9.04. The molecule has 3 rings (SSSR count). The molecule has 1 atom stereocenters. The summed E-state index contributed by atoms with van der Waals surface area (Å²) < 4.78 is 12.8. The van der Waals surface area contributed by atoms with Crippen LogP contribution in [0.15, 0.2) is 41.8 Å². The predicted octanol–water partition coefficient (Wildman–Crippen LogP) is 2.85. The lowest BCUT2D eigenvalue weighted by atomic mass is 10.2. The molecule has 0 radical (unpaired) electrons. The first-order chi connectivity index (χ1) is 11.6. The van der Waals surface area contributed by atoms with Gasteiger partial charge in [0.05, 0.1) is 6.42 Å². The highest BCUT2D eigenvalue weighted by Crippen LogP contribution is 2.15. The first kappa shape index (κ1) is 16.4. The van der Waals surface area contributed by atoms with Crippen LogP contribution in [0.2, 0.25) is 0 Å². The van der Waals surface area contributed by atoms with E-state index in [9.17, 15) is 14.0 Å². The molecule has 0 spiro atoms. The lowest BCUT2D eigenvalue weighted by Gasteiger charge is -2.17. The Morgan fingerprint density at radius 1 is 1.25 bits per heavy atom. The van der Waals surface area contributed by atoms with Crippen molar-refractivity contribution in [1.82, 2.24) is 10.2 Å². The highest BCUT2D eigenvalue weighted by Gasteiger charge is 2.27. The summed E-state index contributed by atoms with van der Waals surface area (Å²) in [7, 11) is 0. The molecule has 2 N–H and O–H groups in total. The number of rotatable bonds is 4. The van der Waals surface area contributed by atoms with Crippen molar-refractivity contribution >= 4 is 29.0 Å². The molecule has 1 fully saturated rings. The molecule has 2 heterocycles. The maximum Gasteiger partial charge on any atom is 0.319 e. The monoisotopic (exact) mass is 347 g/mol. The van der Waals surface area contributed by atoms with Crippen LogP contribution in [0.1, 0.15) is 11.3 Å². The normalized spacial score (nSPS) is 16.9. The zero-order valence-corrected chi connectivity index (χ0v) is 13.8. The quantitative estimate of drug-likeness (QED) is 0.893. The Balaban J connectivity index is 1.46. The van der Waals surface area contributed by atoms with E-state index < -0.39 is 0 Å². The van der Waals surface area contributed by atoms with Crippen LogP contribution in [0.4, 0.5) is 14.9 Å². The molecule has 0 saturated carbocycles. The van der Waals surface area contributed by atoms with E-state index >= 15 is 0 Å². The van der Waals surface area contributed by atoms with E-state index in [1.165, 1.54) is 24.3 Å². The van der Waals surface area contributed by atoms with Gasteiger partial charge in [0.2, 0.25) is 5.91 Å². The van der Waals surface area contributed by atoms with E-state index in [4.69, 9.17) is 0 Å². The van der Waals surface area contributed by atoms with Gasteiger partial charge in [0, 0.05) is 29.7 Å². The minimum absolute atomic E-state index is 0.0715. The highest BCUT2D eigenvalue weighted by molar-refractivity contribution is 7.10. The number of carbonyl (C=O) groups is 2. The molecule has 2 aromatic rings. The molecule has 0 bridgehead atoms. The summed E-state index contributed by atoms with van der Waals surface area (Å²) in [5, 5.41) is 7.46. The third kappa shape index (κ3) is 4.32. The van der Waals surface area contributed by atoms with E-state index in [0.29, 0.717) is 25.2 Å². The number of halogens is 1. The number of hydrogen-bond acceptors (Lipinski definition) is 3. The molecule has 1 aliphatic rings. The van der Waals surface area contributed by atoms with Gasteiger partial charge in [0.1, 0.15) is 5.82 Å². The van der Waals surface area contributed by atoms with Gasteiger partial charge in [-0.25, -0.2) is 9.18 Å². The van der Waals surface area contributed by atoms with Gasteiger partial charge in [-0.15, -0.1) is 11.3 Å². The lowest BCUT2D eigenvalue weighted by molar-refractivity contribution is -0.129. The van der Waals surface area contributed by atoms with Gasteiger partial charge in [0.25, 0.3) is 0 Å². The van der Waals surface area contributed by atoms with Crippen LogP contribution in [-0.4, -0.2) is 36.0 Å². The Labute approximate surface area is 143 Å². The standard InChI is InChI=1S/C17H18FN3O2S/c18-12-3-5-13(6-4-12)19-17(23)20-14-7-8-21(11-14)16(22)10-15-2-1-9-24-15/h1-6,9,14H,7-8,10-11H2,(H2,19,20,23)/t14-/m1/s1. The molecule has 0 aliphatic carbocycles. The number of hydrogen-bond donors (Lipinski definition) is 2. The Morgan fingerprint density at radius 2 is 2.04 bits per heavy atom. The van der Waals surface area contributed by atoms with Crippen LogP contribution in [0.5, 0.6) is 0 Å². The number of nitrogens with zero attached hydrogens (tertiary/aromatic N) is 1. The number of likely N-dealkylation sites (tertiary alicyclic amines) is 1. The Bertz CT molecular complexity index is 703. The average Bonchev–Trinajstić information content (AvgIpc) is 3.21. The van der Waals surface area contributed by atoms with Crippen molar-refractivity contribution in [3.8, 4) is 0 Å². The van der Waals surface area contributed by atoms with Crippen LogP contribution >= 0.6 is 11.3 Å². The van der Waals surface area contributed by atoms with Crippen LogP contribution in [0.25, 0.3) is 0 Å². The fraction of sp³-hybridized carbons (Fsp3) is 0.294. The van der Waals surface area contributed by atoms with Gasteiger partial charge in [-0.3, -0.25) is 4.79 Å². The fourth-order valence-electron chi connectivity index (χ4n) is 2.66. The number of urea groups is 1. The minimum atomic E-state index is -0.350. The highest BCUT2D eigenvalue weighted by atomic mass is 32.1. The van der Waals surface area contributed by atoms with Crippen LogP contribution in [-0.2, 0) is 11.2 Å². The first-order valence-electron chi connectivity index (χ1n) is 7.73. The Morgan fingerprint density at radius 3 is 2.75 bits per heavy atom. The number of thiophene rings is 1. The third-order valence-corrected chi connectivity index (χ3v) is 4.76. The van der Waals surface area contributed by atoms with Crippen molar-refractivity contribution in [3.63, 3.8) is 0 Å². The summed E-state index contributed by atoms with van der Waals surface area (Å²) >= 11 is 1.57. The minimum Gasteiger partial charge on any atom is -0.340 e. The molecular weight excluding hydrogens is 329 g/mol. The Hall–Kier alpha value is -2.41. The molecule has 1 aliphatic heterocycles. The molecule has 24 heavy (non-hydrogen) atoms. The maximum atomic E-state index is 12.8. The van der Waals surface area contributed by atoms with Gasteiger partial charge in [-0.1, -0.05) is 6.07 Å². The smallest absolute Gasteiger partial charge is 0.319 e. The second kappa shape index (κ2) is 7.44. The van der Waals surface area contributed by atoms with Crippen molar-refractivity contribution in [2.24, 2.45) is 0 Å². The van der Waals surface area contributed by atoms with Crippen molar-refractivity contribution in [2.45, 2.75) is 18.9 Å². The van der Waals surface area contributed by atoms with Crippen molar-refractivity contribution < 1.29 is 14.0 Å². The predicted molar refractivity (Wildman–Crippen MR) is 91.6 cm³/mol. The second-order valence-electron chi connectivity index (χ2n) is 5.69. The van der Waals surface area contributed by atoms with Gasteiger partial charge < -0.3 is 15.5 Å². The van der Waals surface area contributed by atoms with Gasteiger partial charge >= 0.3 is 6.03 Å². The van der Waals surface area contributed by atoms with Gasteiger partial charge in [-0.2, -0.15) is 0 Å². The number of carbonyl (C=O) groups excluding carboxylic acids is 2. The van der Waals surface area contributed by atoms with Crippen LogP contribution in [0.3, 0.4) is 0 Å². The van der Waals surface area contributed by atoms with E-state index in [-0.39, 0.29) is 23.8 Å². The van der Waals surface area contributed by atoms with E-state index in [1.54, 1.807) is 16.2 Å². The number of nitrogens with one attached hydrogen (secondary N) is 2. The van der Waals surface area contributed by atoms with Crippen molar-refractivity contribution in [1.29, 1.82) is 0 Å². The number of benzene rings is 1. The summed E-state index contributed by atoms with van der Waals surface area (Å²) in [5.41, 5.74) is 0.525. The van der Waals surface area contributed by atoms with Gasteiger partial charge in [-0.05, 0) is 42.1 Å². The summed E-state index contributed by atoms with van der Waals surface area (Å²) in [5.74, 6) is -0.266. The lowest BCUT2D eigenvalue weighted by Crippen LogP contribution is -2.40. The largest absolute Gasteiger partial charge is 0.340 e. The zero-order chi connectivity index (χ0) is 16.9.